The third-order valence-electron chi connectivity index (χ3n) is 3.60. The zero-order valence-electron chi connectivity index (χ0n) is 15.0. The third kappa shape index (κ3) is 6.98. The summed E-state index contributed by atoms with van der Waals surface area (Å²) in [5, 5.41) is 5.75. The molecule has 1 amide bonds. The van der Waals surface area contributed by atoms with E-state index in [0.717, 1.165) is 28.6 Å². The first-order valence-corrected chi connectivity index (χ1v) is 8.71. The lowest BCUT2D eigenvalue weighted by Gasteiger charge is -2.31. The standard InChI is InChI=1S/C17H25N3O2S.2ClH/c1-11(2)8-17(4,10-18)20-15(21)7-13-9-23-16(19-13)14-6-5-12(3)22-14;;/h5-6,9,11H,7-8,10,18H2,1-4H3,(H,20,21);2*1H. The van der Waals surface area contributed by atoms with Gasteiger partial charge in [-0.2, -0.15) is 0 Å². The van der Waals surface area contributed by atoms with E-state index < -0.39 is 0 Å². The van der Waals surface area contributed by atoms with Crippen LogP contribution in [-0.2, 0) is 11.2 Å². The van der Waals surface area contributed by atoms with E-state index in [1.54, 1.807) is 0 Å². The summed E-state index contributed by atoms with van der Waals surface area (Å²) in [7, 11) is 0. The number of nitrogens with zero attached hydrogens (tertiary/aromatic N) is 1. The van der Waals surface area contributed by atoms with Crippen molar-refractivity contribution in [2.24, 2.45) is 11.7 Å². The number of furan rings is 1. The number of nitrogens with one attached hydrogen (secondary N) is 1. The van der Waals surface area contributed by atoms with Crippen LogP contribution in [0.25, 0.3) is 10.8 Å². The molecule has 2 heterocycles. The van der Waals surface area contributed by atoms with Crippen LogP contribution < -0.4 is 11.1 Å². The lowest BCUT2D eigenvalue weighted by Crippen LogP contribution is -2.52. The van der Waals surface area contributed by atoms with Gasteiger partial charge in [-0.3, -0.25) is 4.79 Å². The predicted molar refractivity (Wildman–Crippen MR) is 108 cm³/mol. The molecule has 2 aromatic rings. The minimum atomic E-state index is -0.373. The lowest BCUT2D eigenvalue weighted by atomic mass is 9.90. The van der Waals surface area contributed by atoms with E-state index in [2.05, 4.69) is 24.1 Å². The molecular weight excluding hydrogens is 381 g/mol. The number of carbonyl (C=O) groups is 1. The van der Waals surface area contributed by atoms with E-state index >= 15 is 0 Å². The number of thiazole rings is 1. The second-order valence-electron chi connectivity index (χ2n) is 6.64. The number of aromatic nitrogens is 1. The number of nitrogens with two attached hydrogens (primary N) is 1. The van der Waals surface area contributed by atoms with Crippen LogP contribution in [0.2, 0.25) is 0 Å². The molecule has 2 aromatic heterocycles. The summed E-state index contributed by atoms with van der Waals surface area (Å²) in [6.45, 7) is 8.55. The van der Waals surface area contributed by atoms with Gasteiger partial charge in [-0.25, -0.2) is 4.98 Å². The number of hydrogen-bond acceptors (Lipinski definition) is 5. The predicted octanol–water partition coefficient (Wildman–Crippen LogP) is 3.98. The van der Waals surface area contributed by atoms with E-state index in [0.29, 0.717) is 12.5 Å². The third-order valence-corrected chi connectivity index (χ3v) is 4.50. The first-order chi connectivity index (χ1) is 10.8. The second kappa shape index (κ2) is 10.2. The van der Waals surface area contributed by atoms with Gasteiger partial charge in [0.1, 0.15) is 5.76 Å². The molecule has 3 N–H and O–H groups in total. The topological polar surface area (TPSA) is 81.2 Å². The Kier molecular flexibility index (Phi) is 9.72. The highest BCUT2D eigenvalue weighted by Gasteiger charge is 2.26. The van der Waals surface area contributed by atoms with Crippen molar-refractivity contribution < 1.29 is 9.21 Å². The summed E-state index contributed by atoms with van der Waals surface area (Å²) in [5.41, 5.74) is 6.22. The first-order valence-electron chi connectivity index (χ1n) is 7.83. The summed E-state index contributed by atoms with van der Waals surface area (Å²) in [5.74, 6) is 2.01. The van der Waals surface area contributed by atoms with Gasteiger partial charge in [0.25, 0.3) is 0 Å². The molecule has 0 radical (unpaired) electrons. The molecule has 1 unspecified atom stereocenters. The van der Waals surface area contributed by atoms with E-state index in [1.807, 2.05) is 31.4 Å². The quantitative estimate of drug-likeness (QED) is 0.726. The van der Waals surface area contributed by atoms with Crippen molar-refractivity contribution in [3.8, 4) is 10.8 Å². The molecule has 0 bridgehead atoms. The maximum atomic E-state index is 12.3. The van der Waals surface area contributed by atoms with Gasteiger partial charge in [-0.05, 0) is 38.3 Å². The van der Waals surface area contributed by atoms with Gasteiger partial charge < -0.3 is 15.5 Å². The molecule has 0 spiro atoms. The fourth-order valence-electron chi connectivity index (χ4n) is 2.68. The van der Waals surface area contributed by atoms with E-state index in [-0.39, 0.29) is 42.7 Å². The van der Waals surface area contributed by atoms with Crippen molar-refractivity contribution in [2.45, 2.75) is 46.1 Å². The van der Waals surface area contributed by atoms with Gasteiger partial charge in [0.15, 0.2) is 10.8 Å². The molecule has 25 heavy (non-hydrogen) atoms. The summed E-state index contributed by atoms with van der Waals surface area (Å²) in [4.78, 5) is 16.8. The van der Waals surface area contributed by atoms with Crippen molar-refractivity contribution in [3.63, 3.8) is 0 Å². The van der Waals surface area contributed by atoms with Crippen molar-refractivity contribution in [1.82, 2.24) is 10.3 Å². The van der Waals surface area contributed by atoms with Gasteiger partial charge in [-0.15, -0.1) is 36.2 Å². The Hall–Kier alpha value is -1.08. The Bertz CT molecular complexity index is 672. The van der Waals surface area contributed by atoms with Gasteiger partial charge in [0.05, 0.1) is 12.1 Å². The molecule has 1 atom stereocenters. The van der Waals surface area contributed by atoms with Crippen LogP contribution in [0.5, 0.6) is 0 Å². The van der Waals surface area contributed by atoms with Gasteiger partial charge in [0, 0.05) is 17.5 Å². The maximum absolute atomic E-state index is 12.3. The van der Waals surface area contributed by atoms with Gasteiger partial charge in [0.2, 0.25) is 5.91 Å². The van der Waals surface area contributed by atoms with Crippen LogP contribution in [0.15, 0.2) is 21.9 Å². The summed E-state index contributed by atoms with van der Waals surface area (Å²) in [6, 6.07) is 3.80. The van der Waals surface area contributed by atoms with Gasteiger partial charge >= 0.3 is 0 Å². The van der Waals surface area contributed by atoms with Crippen LogP contribution in [0.3, 0.4) is 0 Å². The molecule has 0 aliphatic rings. The number of hydrogen-bond donors (Lipinski definition) is 2. The average Bonchev–Trinajstić information content (AvgIpc) is 3.06. The molecule has 0 saturated heterocycles. The minimum Gasteiger partial charge on any atom is -0.459 e. The molecule has 5 nitrogen and oxygen atoms in total. The van der Waals surface area contributed by atoms with Gasteiger partial charge in [-0.1, -0.05) is 13.8 Å². The van der Waals surface area contributed by atoms with Crippen molar-refractivity contribution >= 4 is 42.1 Å². The van der Waals surface area contributed by atoms with Crippen LogP contribution >= 0.6 is 36.2 Å². The highest BCUT2D eigenvalue weighted by Crippen LogP contribution is 2.25. The molecule has 8 heteroatoms. The molecule has 0 aromatic carbocycles. The van der Waals surface area contributed by atoms with E-state index in [9.17, 15) is 4.79 Å². The SMILES string of the molecule is Cc1ccc(-c2nc(CC(=O)NC(C)(CN)CC(C)C)cs2)o1.Cl.Cl. The van der Waals surface area contributed by atoms with Crippen LogP contribution in [0, 0.1) is 12.8 Å². The summed E-state index contributed by atoms with van der Waals surface area (Å²) < 4.78 is 5.56. The number of rotatable bonds is 7. The van der Waals surface area contributed by atoms with E-state index in [4.69, 9.17) is 10.2 Å². The fraction of sp³-hybridized carbons (Fsp3) is 0.529. The molecule has 0 aliphatic carbocycles. The zero-order chi connectivity index (χ0) is 17.0. The second-order valence-corrected chi connectivity index (χ2v) is 7.50. The Morgan fingerprint density at radius 2 is 2.08 bits per heavy atom. The summed E-state index contributed by atoms with van der Waals surface area (Å²) in [6.07, 6.45) is 1.10. The maximum Gasteiger partial charge on any atom is 0.226 e. The molecule has 0 aliphatic heterocycles. The number of halogens is 2. The normalized spacial score (nSPS) is 12.9. The van der Waals surface area contributed by atoms with Crippen LogP contribution in [-0.4, -0.2) is 23.0 Å². The average molecular weight is 408 g/mol. The molecule has 142 valence electrons. The van der Waals surface area contributed by atoms with Crippen molar-refractivity contribution in [1.29, 1.82) is 0 Å². The van der Waals surface area contributed by atoms with Crippen LogP contribution in [0.4, 0.5) is 0 Å². The summed E-state index contributed by atoms with van der Waals surface area (Å²) >= 11 is 1.48. The largest absolute Gasteiger partial charge is 0.459 e. The molecule has 2 rings (SSSR count). The molecule has 0 saturated carbocycles. The smallest absolute Gasteiger partial charge is 0.226 e. The Balaban J connectivity index is 0.00000288. The monoisotopic (exact) mass is 407 g/mol. The molecular formula is C17H27Cl2N3O2S. The van der Waals surface area contributed by atoms with Crippen molar-refractivity contribution in [2.75, 3.05) is 6.54 Å². The Morgan fingerprint density at radius 1 is 1.40 bits per heavy atom. The Labute approximate surface area is 165 Å². The fourth-order valence-corrected chi connectivity index (χ4v) is 3.46. The number of amides is 1. The van der Waals surface area contributed by atoms with Crippen LogP contribution in [0.1, 0.15) is 38.6 Å². The minimum absolute atomic E-state index is 0. The first kappa shape index (κ1) is 23.9. The number of carbonyl (C=O) groups excluding carboxylic acids is 1. The zero-order valence-corrected chi connectivity index (χ0v) is 17.4. The highest BCUT2D eigenvalue weighted by molar-refractivity contribution is 7.13. The lowest BCUT2D eigenvalue weighted by molar-refractivity contribution is -0.122. The van der Waals surface area contributed by atoms with Crippen molar-refractivity contribution in [3.05, 3.63) is 29.0 Å². The Morgan fingerprint density at radius 3 is 2.60 bits per heavy atom. The van der Waals surface area contributed by atoms with E-state index in [1.165, 1.54) is 11.3 Å². The highest BCUT2D eigenvalue weighted by atomic mass is 35.5. The molecule has 0 fully saturated rings. The number of aryl methyl sites for hydroxylation is 1.